The average Bonchev–Trinajstić information content (AvgIpc) is 2.63. The summed E-state index contributed by atoms with van der Waals surface area (Å²) >= 11 is 0. The van der Waals surface area contributed by atoms with Crippen LogP contribution in [-0.4, -0.2) is 22.0 Å². The van der Waals surface area contributed by atoms with E-state index in [0.29, 0.717) is 6.04 Å². The summed E-state index contributed by atoms with van der Waals surface area (Å²) < 4.78 is 0. The highest BCUT2D eigenvalue weighted by molar-refractivity contribution is 5.74. The molecular formula is C22H27NO2. The molecule has 2 unspecified atom stereocenters. The Morgan fingerprint density at radius 1 is 1.04 bits per heavy atom. The van der Waals surface area contributed by atoms with E-state index in [0.717, 1.165) is 38.8 Å². The van der Waals surface area contributed by atoms with Gasteiger partial charge in [-0.2, -0.15) is 0 Å². The lowest BCUT2D eigenvalue weighted by atomic mass is 9.73. The Balaban J connectivity index is 1.81. The predicted molar refractivity (Wildman–Crippen MR) is 100 cm³/mol. The Morgan fingerprint density at radius 3 is 2.04 bits per heavy atom. The monoisotopic (exact) mass is 337 g/mol. The summed E-state index contributed by atoms with van der Waals surface area (Å²) in [5.74, 6) is -0.656. The molecule has 0 heterocycles. The highest BCUT2D eigenvalue weighted by Gasteiger charge is 2.40. The predicted octanol–water partition coefficient (Wildman–Crippen LogP) is 4.72. The van der Waals surface area contributed by atoms with Crippen molar-refractivity contribution in [3.8, 4) is 0 Å². The van der Waals surface area contributed by atoms with Crippen molar-refractivity contribution in [1.29, 1.82) is 0 Å². The summed E-state index contributed by atoms with van der Waals surface area (Å²) in [6, 6.07) is 21.2. The van der Waals surface area contributed by atoms with E-state index >= 15 is 0 Å². The molecule has 1 N–H and O–H groups in total. The van der Waals surface area contributed by atoms with Crippen molar-refractivity contribution in [3.05, 3.63) is 71.8 Å². The van der Waals surface area contributed by atoms with Crippen LogP contribution in [0.4, 0.5) is 0 Å². The van der Waals surface area contributed by atoms with Gasteiger partial charge in [0, 0.05) is 19.1 Å². The molecule has 0 aromatic heterocycles. The maximum absolute atomic E-state index is 11.7. The van der Waals surface area contributed by atoms with Crippen molar-refractivity contribution in [1.82, 2.24) is 4.90 Å². The SMILES string of the molecule is CC1(C(=O)O)CCCC(N(Cc2ccccc2)Cc2ccccc2)C1. The van der Waals surface area contributed by atoms with Crippen LogP contribution in [-0.2, 0) is 17.9 Å². The van der Waals surface area contributed by atoms with Crippen LogP contribution in [0.15, 0.2) is 60.7 Å². The van der Waals surface area contributed by atoms with E-state index in [4.69, 9.17) is 0 Å². The molecule has 2 atom stereocenters. The van der Waals surface area contributed by atoms with E-state index in [2.05, 4.69) is 53.4 Å². The molecule has 0 amide bonds. The first-order valence-corrected chi connectivity index (χ1v) is 9.12. The van der Waals surface area contributed by atoms with E-state index < -0.39 is 11.4 Å². The molecule has 3 rings (SSSR count). The van der Waals surface area contributed by atoms with Gasteiger partial charge in [0.2, 0.25) is 0 Å². The minimum atomic E-state index is -0.656. The van der Waals surface area contributed by atoms with Crippen molar-refractivity contribution in [2.45, 2.75) is 51.7 Å². The molecule has 0 radical (unpaired) electrons. The zero-order chi connectivity index (χ0) is 17.7. The van der Waals surface area contributed by atoms with E-state index in [1.807, 2.05) is 19.1 Å². The van der Waals surface area contributed by atoms with Crippen LogP contribution in [0.2, 0.25) is 0 Å². The first kappa shape index (κ1) is 17.7. The number of carbonyl (C=O) groups is 1. The standard InChI is InChI=1S/C22H27NO2/c1-22(21(24)25)14-8-13-20(15-22)23(16-18-9-4-2-5-10-18)17-19-11-6-3-7-12-19/h2-7,9-12,20H,8,13-17H2,1H3,(H,24,25). The number of benzene rings is 2. The van der Waals surface area contributed by atoms with Crippen molar-refractivity contribution in [2.75, 3.05) is 0 Å². The Bertz CT molecular complexity index is 644. The minimum absolute atomic E-state index is 0.301. The Labute approximate surface area is 150 Å². The van der Waals surface area contributed by atoms with E-state index in [1.165, 1.54) is 11.1 Å². The third-order valence-corrected chi connectivity index (χ3v) is 5.44. The van der Waals surface area contributed by atoms with Crippen LogP contribution in [0.5, 0.6) is 0 Å². The smallest absolute Gasteiger partial charge is 0.309 e. The molecule has 1 fully saturated rings. The maximum Gasteiger partial charge on any atom is 0.309 e. The highest BCUT2D eigenvalue weighted by atomic mass is 16.4. The summed E-state index contributed by atoms with van der Waals surface area (Å²) in [5.41, 5.74) is 1.95. The molecule has 1 aliphatic rings. The fraction of sp³-hybridized carbons (Fsp3) is 0.409. The quantitative estimate of drug-likeness (QED) is 0.829. The topological polar surface area (TPSA) is 40.5 Å². The van der Waals surface area contributed by atoms with Gasteiger partial charge in [0.05, 0.1) is 5.41 Å². The van der Waals surface area contributed by atoms with Crippen LogP contribution in [0.3, 0.4) is 0 Å². The van der Waals surface area contributed by atoms with Gasteiger partial charge >= 0.3 is 5.97 Å². The molecule has 0 spiro atoms. The molecule has 132 valence electrons. The third-order valence-electron chi connectivity index (χ3n) is 5.44. The Morgan fingerprint density at radius 2 is 1.56 bits per heavy atom. The molecule has 1 saturated carbocycles. The number of hydrogen-bond donors (Lipinski definition) is 1. The number of carboxylic acids is 1. The third kappa shape index (κ3) is 4.49. The van der Waals surface area contributed by atoms with Gasteiger partial charge in [-0.25, -0.2) is 0 Å². The van der Waals surface area contributed by atoms with E-state index in [9.17, 15) is 9.90 Å². The first-order valence-electron chi connectivity index (χ1n) is 9.12. The lowest BCUT2D eigenvalue weighted by Gasteiger charge is -2.41. The second-order valence-corrected chi connectivity index (χ2v) is 7.49. The van der Waals surface area contributed by atoms with Gasteiger partial charge in [-0.3, -0.25) is 9.69 Å². The van der Waals surface area contributed by atoms with Crippen LogP contribution in [0.25, 0.3) is 0 Å². The number of aliphatic carboxylic acids is 1. The fourth-order valence-electron chi connectivity index (χ4n) is 3.91. The number of hydrogen-bond acceptors (Lipinski definition) is 2. The van der Waals surface area contributed by atoms with Gasteiger partial charge in [0.15, 0.2) is 0 Å². The van der Waals surface area contributed by atoms with Crippen molar-refractivity contribution in [2.24, 2.45) is 5.41 Å². The fourth-order valence-corrected chi connectivity index (χ4v) is 3.91. The molecule has 2 aromatic carbocycles. The molecule has 1 aliphatic carbocycles. The van der Waals surface area contributed by atoms with Gasteiger partial charge in [0.25, 0.3) is 0 Å². The zero-order valence-corrected chi connectivity index (χ0v) is 14.9. The lowest BCUT2D eigenvalue weighted by Crippen LogP contribution is -2.44. The molecule has 0 bridgehead atoms. The van der Waals surface area contributed by atoms with Crippen LogP contribution >= 0.6 is 0 Å². The summed E-state index contributed by atoms with van der Waals surface area (Å²) in [5, 5.41) is 9.66. The molecule has 25 heavy (non-hydrogen) atoms. The van der Waals surface area contributed by atoms with Crippen molar-refractivity contribution in [3.63, 3.8) is 0 Å². The maximum atomic E-state index is 11.7. The van der Waals surface area contributed by atoms with Crippen LogP contribution in [0, 0.1) is 5.41 Å². The number of carboxylic acid groups (broad SMARTS) is 1. The van der Waals surface area contributed by atoms with Gasteiger partial charge < -0.3 is 5.11 Å². The summed E-state index contributed by atoms with van der Waals surface area (Å²) in [4.78, 5) is 14.2. The van der Waals surface area contributed by atoms with E-state index in [-0.39, 0.29) is 0 Å². The molecular weight excluding hydrogens is 310 g/mol. The summed E-state index contributed by atoms with van der Waals surface area (Å²) in [6.45, 7) is 3.62. The lowest BCUT2D eigenvalue weighted by molar-refractivity contribution is -0.151. The first-order chi connectivity index (χ1) is 12.1. The van der Waals surface area contributed by atoms with Gasteiger partial charge in [0.1, 0.15) is 0 Å². The number of rotatable bonds is 6. The zero-order valence-electron chi connectivity index (χ0n) is 14.9. The average molecular weight is 337 g/mol. The Kier molecular flexibility index (Phi) is 5.54. The molecule has 3 nitrogen and oxygen atoms in total. The van der Waals surface area contributed by atoms with E-state index in [1.54, 1.807) is 0 Å². The van der Waals surface area contributed by atoms with Crippen LogP contribution < -0.4 is 0 Å². The number of nitrogens with zero attached hydrogens (tertiary/aromatic N) is 1. The van der Waals surface area contributed by atoms with Gasteiger partial charge in [-0.15, -0.1) is 0 Å². The minimum Gasteiger partial charge on any atom is -0.481 e. The Hall–Kier alpha value is -2.13. The van der Waals surface area contributed by atoms with Crippen molar-refractivity contribution < 1.29 is 9.90 Å². The second-order valence-electron chi connectivity index (χ2n) is 7.49. The second kappa shape index (κ2) is 7.83. The van der Waals surface area contributed by atoms with Crippen molar-refractivity contribution >= 4 is 5.97 Å². The largest absolute Gasteiger partial charge is 0.481 e. The van der Waals surface area contributed by atoms with Crippen LogP contribution in [0.1, 0.15) is 43.7 Å². The molecule has 2 aromatic rings. The summed E-state index contributed by atoms with van der Waals surface area (Å²) in [7, 11) is 0. The van der Waals surface area contributed by atoms with Gasteiger partial charge in [-0.05, 0) is 37.3 Å². The normalized spacial score (nSPS) is 23.5. The molecule has 0 saturated heterocycles. The molecule has 3 heteroatoms. The molecule has 0 aliphatic heterocycles. The highest BCUT2D eigenvalue weighted by Crippen LogP contribution is 2.39. The van der Waals surface area contributed by atoms with Gasteiger partial charge in [-0.1, -0.05) is 67.1 Å². The summed E-state index contributed by atoms with van der Waals surface area (Å²) in [6.07, 6.45) is 3.56.